The van der Waals surface area contributed by atoms with Crippen molar-refractivity contribution >= 4 is 5.91 Å². The number of rotatable bonds is 4. The van der Waals surface area contributed by atoms with Crippen molar-refractivity contribution in [1.82, 2.24) is 4.90 Å². The van der Waals surface area contributed by atoms with Crippen molar-refractivity contribution in [2.75, 3.05) is 6.54 Å². The van der Waals surface area contributed by atoms with Gasteiger partial charge in [-0.25, -0.2) is 0 Å². The van der Waals surface area contributed by atoms with Gasteiger partial charge in [-0.2, -0.15) is 0 Å². The number of carbonyl (C=O) groups is 1. The van der Waals surface area contributed by atoms with Crippen molar-refractivity contribution in [3.8, 4) is 0 Å². The molecule has 2 atom stereocenters. The highest BCUT2D eigenvalue weighted by Gasteiger charge is 2.28. The highest BCUT2D eigenvalue weighted by atomic mass is 16.3. The van der Waals surface area contributed by atoms with E-state index in [-0.39, 0.29) is 17.9 Å². The lowest BCUT2D eigenvalue weighted by Crippen LogP contribution is -2.40. The number of nitrogens with two attached hydrogens (primary N) is 1. The van der Waals surface area contributed by atoms with E-state index in [1.807, 2.05) is 17.9 Å². The normalized spacial score (nSPS) is 23.9. The van der Waals surface area contributed by atoms with Crippen LogP contribution in [0, 0.1) is 5.92 Å². The molecule has 1 saturated carbocycles. The van der Waals surface area contributed by atoms with Gasteiger partial charge in [-0.1, -0.05) is 6.42 Å². The van der Waals surface area contributed by atoms with Crippen molar-refractivity contribution in [2.45, 2.75) is 45.2 Å². The van der Waals surface area contributed by atoms with E-state index in [0.717, 1.165) is 37.8 Å². The summed E-state index contributed by atoms with van der Waals surface area (Å²) in [6.07, 6.45) is 7.28. The molecule has 0 unspecified atom stereocenters. The molecule has 100 valence electrons. The molecule has 0 aromatic carbocycles. The predicted molar refractivity (Wildman–Crippen MR) is 69.7 cm³/mol. The smallest absolute Gasteiger partial charge is 0.226 e. The summed E-state index contributed by atoms with van der Waals surface area (Å²) in [6.45, 7) is 3.38. The largest absolute Gasteiger partial charge is 0.472 e. The third-order valence-corrected chi connectivity index (χ3v) is 3.71. The lowest BCUT2D eigenvalue weighted by molar-refractivity contribution is -0.137. The number of carbonyl (C=O) groups excluding carboxylic acids is 1. The van der Waals surface area contributed by atoms with Gasteiger partial charge >= 0.3 is 0 Å². The van der Waals surface area contributed by atoms with Crippen LogP contribution in [0.4, 0.5) is 0 Å². The Morgan fingerprint density at radius 3 is 3.00 bits per heavy atom. The number of amides is 1. The van der Waals surface area contributed by atoms with Gasteiger partial charge in [0.2, 0.25) is 5.91 Å². The average Bonchev–Trinajstić information content (AvgIpc) is 2.88. The van der Waals surface area contributed by atoms with Crippen LogP contribution in [-0.2, 0) is 11.3 Å². The summed E-state index contributed by atoms with van der Waals surface area (Å²) in [5, 5.41) is 0. The Kier molecular flexibility index (Phi) is 4.42. The molecule has 0 bridgehead atoms. The van der Waals surface area contributed by atoms with Crippen LogP contribution in [0.1, 0.15) is 38.2 Å². The number of hydrogen-bond acceptors (Lipinski definition) is 3. The minimum atomic E-state index is 0.112. The second-order valence-electron chi connectivity index (χ2n) is 5.11. The zero-order valence-electron chi connectivity index (χ0n) is 11.0. The van der Waals surface area contributed by atoms with Gasteiger partial charge in [0.25, 0.3) is 0 Å². The Labute approximate surface area is 108 Å². The van der Waals surface area contributed by atoms with Gasteiger partial charge in [-0.3, -0.25) is 4.79 Å². The second-order valence-corrected chi connectivity index (χ2v) is 5.11. The summed E-state index contributed by atoms with van der Waals surface area (Å²) in [5.41, 5.74) is 7.00. The molecular formula is C14H22N2O2. The van der Waals surface area contributed by atoms with Crippen LogP contribution in [0.15, 0.2) is 23.0 Å². The minimum Gasteiger partial charge on any atom is -0.472 e. The molecule has 1 aromatic heterocycles. The SMILES string of the molecule is CCN(Cc1ccoc1)C(=O)[C@H]1CCC[C@H](N)C1. The van der Waals surface area contributed by atoms with E-state index in [0.29, 0.717) is 6.54 Å². The van der Waals surface area contributed by atoms with Gasteiger partial charge in [-0.05, 0) is 32.3 Å². The second kappa shape index (κ2) is 6.05. The van der Waals surface area contributed by atoms with E-state index in [2.05, 4.69) is 0 Å². The maximum Gasteiger partial charge on any atom is 0.226 e. The third-order valence-electron chi connectivity index (χ3n) is 3.71. The van der Waals surface area contributed by atoms with Gasteiger partial charge in [0.1, 0.15) is 0 Å². The standard InChI is InChI=1S/C14H22N2O2/c1-2-16(9-11-6-7-18-10-11)14(17)12-4-3-5-13(15)8-12/h6-7,10,12-13H,2-5,8-9,15H2,1H3/t12-,13-/m0/s1. The molecule has 4 nitrogen and oxygen atoms in total. The van der Waals surface area contributed by atoms with Crippen molar-refractivity contribution in [1.29, 1.82) is 0 Å². The van der Waals surface area contributed by atoms with Crippen molar-refractivity contribution < 1.29 is 9.21 Å². The van der Waals surface area contributed by atoms with Crippen LogP contribution >= 0.6 is 0 Å². The Balaban J connectivity index is 1.96. The Hall–Kier alpha value is -1.29. The van der Waals surface area contributed by atoms with Crippen LogP contribution in [0.3, 0.4) is 0 Å². The summed E-state index contributed by atoms with van der Waals surface area (Å²) in [4.78, 5) is 14.3. The fourth-order valence-electron chi connectivity index (χ4n) is 2.66. The van der Waals surface area contributed by atoms with Gasteiger partial charge in [0, 0.05) is 30.6 Å². The maximum absolute atomic E-state index is 12.4. The Morgan fingerprint density at radius 2 is 2.39 bits per heavy atom. The van der Waals surface area contributed by atoms with E-state index in [1.54, 1.807) is 12.5 Å². The molecule has 1 aliphatic carbocycles. The molecule has 2 N–H and O–H groups in total. The van der Waals surface area contributed by atoms with Gasteiger partial charge in [0.15, 0.2) is 0 Å². The van der Waals surface area contributed by atoms with Gasteiger partial charge in [0.05, 0.1) is 12.5 Å². The first-order chi connectivity index (χ1) is 8.70. The lowest BCUT2D eigenvalue weighted by atomic mass is 9.85. The summed E-state index contributed by atoms with van der Waals surface area (Å²) in [5.74, 6) is 0.356. The molecule has 0 aliphatic heterocycles. The van der Waals surface area contributed by atoms with Gasteiger partial charge < -0.3 is 15.1 Å². The summed E-state index contributed by atoms with van der Waals surface area (Å²) >= 11 is 0. The molecule has 18 heavy (non-hydrogen) atoms. The van der Waals surface area contributed by atoms with E-state index in [4.69, 9.17) is 10.2 Å². The summed E-state index contributed by atoms with van der Waals surface area (Å²) < 4.78 is 5.04. The topological polar surface area (TPSA) is 59.5 Å². The molecule has 1 aliphatic rings. The number of hydrogen-bond donors (Lipinski definition) is 1. The van der Waals surface area contributed by atoms with Gasteiger partial charge in [-0.15, -0.1) is 0 Å². The van der Waals surface area contributed by atoms with Crippen molar-refractivity contribution in [2.24, 2.45) is 11.7 Å². The summed E-state index contributed by atoms with van der Waals surface area (Å²) in [7, 11) is 0. The molecule has 0 spiro atoms. The minimum absolute atomic E-state index is 0.112. The molecule has 0 radical (unpaired) electrons. The third kappa shape index (κ3) is 3.13. The predicted octanol–water partition coefficient (Wildman–Crippen LogP) is 2.15. The zero-order chi connectivity index (χ0) is 13.0. The Bertz CT molecular complexity index is 375. The van der Waals surface area contributed by atoms with Crippen LogP contribution in [0.2, 0.25) is 0 Å². The van der Waals surface area contributed by atoms with Crippen LogP contribution in [0.25, 0.3) is 0 Å². The number of nitrogens with zero attached hydrogens (tertiary/aromatic N) is 1. The first-order valence-corrected chi connectivity index (χ1v) is 6.76. The lowest BCUT2D eigenvalue weighted by Gasteiger charge is -2.30. The van der Waals surface area contributed by atoms with Crippen molar-refractivity contribution in [3.05, 3.63) is 24.2 Å². The zero-order valence-corrected chi connectivity index (χ0v) is 11.0. The monoisotopic (exact) mass is 250 g/mol. The summed E-state index contributed by atoms with van der Waals surface area (Å²) in [6, 6.07) is 2.10. The molecule has 1 aromatic rings. The van der Waals surface area contributed by atoms with E-state index in [9.17, 15) is 4.79 Å². The quantitative estimate of drug-likeness (QED) is 0.890. The highest BCUT2D eigenvalue weighted by molar-refractivity contribution is 5.79. The van der Waals surface area contributed by atoms with Crippen LogP contribution in [0.5, 0.6) is 0 Å². The maximum atomic E-state index is 12.4. The van der Waals surface area contributed by atoms with E-state index >= 15 is 0 Å². The first kappa shape index (κ1) is 13.1. The van der Waals surface area contributed by atoms with Crippen LogP contribution in [-0.4, -0.2) is 23.4 Å². The average molecular weight is 250 g/mol. The van der Waals surface area contributed by atoms with E-state index < -0.39 is 0 Å². The molecule has 2 rings (SSSR count). The molecule has 1 heterocycles. The Morgan fingerprint density at radius 1 is 1.56 bits per heavy atom. The van der Waals surface area contributed by atoms with Crippen molar-refractivity contribution in [3.63, 3.8) is 0 Å². The molecule has 4 heteroatoms. The van der Waals surface area contributed by atoms with Crippen LogP contribution < -0.4 is 5.73 Å². The fourth-order valence-corrected chi connectivity index (χ4v) is 2.66. The highest BCUT2D eigenvalue weighted by Crippen LogP contribution is 2.25. The first-order valence-electron chi connectivity index (χ1n) is 6.76. The van der Waals surface area contributed by atoms with E-state index in [1.165, 1.54) is 0 Å². The molecule has 0 saturated heterocycles. The fraction of sp³-hybridized carbons (Fsp3) is 0.643. The molecule has 1 fully saturated rings. The molecule has 1 amide bonds. The number of furan rings is 1. The molecular weight excluding hydrogens is 228 g/mol.